The minimum absolute atomic E-state index is 0.0338. The van der Waals surface area contributed by atoms with Gasteiger partial charge in [-0.2, -0.15) is 0 Å². The number of benzene rings is 3. The van der Waals surface area contributed by atoms with Crippen molar-refractivity contribution in [3.63, 3.8) is 0 Å². The molecule has 0 fully saturated rings. The number of rotatable bonds is 4. The number of non-ortho nitro benzene ring substituents is 1. The van der Waals surface area contributed by atoms with Crippen LogP contribution in [0.2, 0.25) is 0 Å². The van der Waals surface area contributed by atoms with Crippen molar-refractivity contribution in [2.45, 2.75) is 18.9 Å². The number of carbonyl (C=O) groups is 1. The second-order valence-corrected chi connectivity index (χ2v) is 9.90. The van der Waals surface area contributed by atoms with E-state index in [0.29, 0.717) is 26.9 Å². The number of allylic oxidation sites excluding steroid dienone is 1. The largest absolute Gasteiger partial charge is 0.478 e. The summed E-state index contributed by atoms with van der Waals surface area (Å²) in [5.74, 6) is -1.02. The number of carboxylic acid groups (broad SMARTS) is 1. The topological polar surface area (TPSA) is 115 Å². The maximum atomic E-state index is 13.7. The van der Waals surface area contributed by atoms with E-state index in [4.69, 9.17) is 10.1 Å². The molecule has 4 aromatic rings. The highest BCUT2D eigenvalue weighted by Crippen LogP contribution is 2.41. The summed E-state index contributed by atoms with van der Waals surface area (Å²) in [6, 6.07) is 20.3. The SMILES string of the molecule is O=C(O)c1ccc(C=c2sc3n(c2=O)C(c2cccc([N+](=O)[O-])c2)C2=C(N=3)c3ccccc3CC2)cc1. The van der Waals surface area contributed by atoms with Crippen molar-refractivity contribution in [1.82, 2.24) is 4.57 Å². The van der Waals surface area contributed by atoms with Crippen molar-refractivity contribution in [2.75, 3.05) is 0 Å². The molecule has 9 heteroatoms. The van der Waals surface area contributed by atoms with Gasteiger partial charge in [-0.15, -0.1) is 0 Å². The highest BCUT2D eigenvalue weighted by molar-refractivity contribution is 7.07. The zero-order valence-corrected chi connectivity index (χ0v) is 20.1. The molecule has 1 N–H and O–H groups in total. The Morgan fingerprint density at radius 2 is 1.86 bits per heavy atom. The van der Waals surface area contributed by atoms with Crippen LogP contribution in [0, 0.1) is 10.1 Å². The highest BCUT2D eigenvalue weighted by atomic mass is 32.1. The molecule has 182 valence electrons. The van der Waals surface area contributed by atoms with Crippen molar-refractivity contribution in [2.24, 2.45) is 4.99 Å². The number of nitro groups is 1. The van der Waals surface area contributed by atoms with Crippen LogP contribution in [0.4, 0.5) is 5.69 Å². The van der Waals surface area contributed by atoms with Crippen molar-refractivity contribution in [3.05, 3.63) is 136 Å². The smallest absolute Gasteiger partial charge is 0.335 e. The van der Waals surface area contributed by atoms with Gasteiger partial charge in [-0.3, -0.25) is 19.5 Å². The number of hydrogen-bond donors (Lipinski definition) is 1. The Balaban J connectivity index is 1.59. The van der Waals surface area contributed by atoms with Gasteiger partial charge in [0.15, 0.2) is 4.80 Å². The molecule has 1 aliphatic carbocycles. The third-order valence-corrected chi connectivity index (χ3v) is 7.71. The zero-order chi connectivity index (χ0) is 25.7. The summed E-state index contributed by atoms with van der Waals surface area (Å²) in [6.07, 6.45) is 3.19. The first-order chi connectivity index (χ1) is 17.9. The van der Waals surface area contributed by atoms with E-state index in [0.717, 1.165) is 23.3 Å². The van der Waals surface area contributed by atoms with Gasteiger partial charge in [0.2, 0.25) is 0 Å². The summed E-state index contributed by atoms with van der Waals surface area (Å²) in [4.78, 5) is 41.5. The predicted molar refractivity (Wildman–Crippen MR) is 139 cm³/mol. The second-order valence-electron chi connectivity index (χ2n) is 8.89. The molecule has 1 aromatic heterocycles. The number of aromatic nitrogens is 1. The lowest BCUT2D eigenvalue weighted by Crippen LogP contribution is -2.38. The van der Waals surface area contributed by atoms with E-state index in [1.54, 1.807) is 28.8 Å². The Labute approximate surface area is 214 Å². The van der Waals surface area contributed by atoms with E-state index < -0.39 is 16.9 Å². The first-order valence-corrected chi connectivity index (χ1v) is 12.4. The fourth-order valence-corrected chi connectivity index (χ4v) is 6.01. The average molecular weight is 510 g/mol. The van der Waals surface area contributed by atoms with Gasteiger partial charge in [0.05, 0.1) is 26.8 Å². The average Bonchev–Trinajstić information content (AvgIpc) is 3.22. The number of aromatic carboxylic acids is 1. The lowest BCUT2D eigenvalue weighted by molar-refractivity contribution is -0.384. The van der Waals surface area contributed by atoms with E-state index in [9.17, 15) is 19.7 Å². The molecule has 1 unspecified atom stereocenters. The molecule has 0 amide bonds. The molecule has 37 heavy (non-hydrogen) atoms. The first kappa shape index (κ1) is 22.8. The Morgan fingerprint density at radius 1 is 1.08 bits per heavy atom. The monoisotopic (exact) mass is 509 g/mol. The van der Waals surface area contributed by atoms with Gasteiger partial charge in [0.25, 0.3) is 11.2 Å². The van der Waals surface area contributed by atoms with Crippen LogP contribution in [-0.2, 0) is 6.42 Å². The van der Waals surface area contributed by atoms with Crippen LogP contribution in [0.5, 0.6) is 0 Å². The summed E-state index contributed by atoms with van der Waals surface area (Å²) in [5, 5.41) is 20.7. The molecular weight excluding hydrogens is 490 g/mol. The van der Waals surface area contributed by atoms with E-state index in [2.05, 4.69) is 6.07 Å². The molecule has 0 spiro atoms. The lowest BCUT2D eigenvalue weighted by Gasteiger charge is -2.30. The van der Waals surface area contributed by atoms with Crippen LogP contribution in [-0.4, -0.2) is 20.6 Å². The third-order valence-electron chi connectivity index (χ3n) is 6.73. The summed E-state index contributed by atoms with van der Waals surface area (Å²) in [5.41, 5.74) is 5.21. The Morgan fingerprint density at radius 3 is 2.62 bits per heavy atom. The van der Waals surface area contributed by atoms with Gasteiger partial charge < -0.3 is 5.11 Å². The normalized spacial score (nSPS) is 16.4. The van der Waals surface area contributed by atoms with Crippen LogP contribution in [0.25, 0.3) is 11.8 Å². The third kappa shape index (κ3) is 3.89. The van der Waals surface area contributed by atoms with E-state index in [1.165, 1.54) is 41.2 Å². The fraction of sp³-hybridized carbons (Fsp3) is 0.107. The minimum atomic E-state index is -1.02. The molecule has 0 radical (unpaired) electrons. The number of carboxylic acids is 1. The van der Waals surface area contributed by atoms with Crippen LogP contribution in [0.3, 0.4) is 0 Å². The van der Waals surface area contributed by atoms with Crippen LogP contribution >= 0.6 is 11.3 Å². The van der Waals surface area contributed by atoms with Gasteiger partial charge in [-0.25, -0.2) is 9.79 Å². The van der Waals surface area contributed by atoms with Gasteiger partial charge in [0, 0.05) is 17.7 Å². The van der Waals surface area contributed by atoms with E-state index in [1.807, 2.05) is 24.3 Å². The van der Waals surface area contributed by atoms with Crippen LogP contribution in [0.15, 0.2) is 88.2 Å². The van der Waals surface area contributed by atoms with E-state index in [-0.39, 0.29) is 16.8 Å². The van der Waals surface area contributed by atoms with Crippen molar-refractivity contribution < 1.29 is 14.8 Å². The highest BCUT2D eigenvalue weighted by Gasteiger charge is 2.33. The number of fused-ring (bicyclic) bond motifs is 3. The van der Waals surface area contributed by atoms with Crippen molar-refractivity contribution >= 4 is 34.8 Å². The number of hydrogen-bond acceptors (Lipinski definition) is 6. The van der Waals surface area contributed by atoms with Gasteiger partial charge in [0.1, 0.15) is 0 Å². The number of nitro benzene ring substituents is 1. The standard InChI is InChI=1S/C28H19N3O5S/c32-26-23(14-16-8-10-18(11-9-16)27(33)34)37-28-29-24-21-7-2-1-4-17(21)12-13-22(24)25(30(26)28)19-5-3-6-20(15-19)31(35)36/h1-11,14-15,25H,12-13H2,(H,33,34). The number of aryl methyl sites for hydroxylation is 1. The van der Waals surface area contributed by atoms with Crippen molar-refractivity contribution in [1.29, 1.82) is 0 Å². The Kier molecular flexibility index (Phi) is 5.42. The molecule has 1 atom stereocenters. The Hall–Kier alpha value is -4.63. The molecule has 6 rings (SSSR count). The molecule has 0 bridgehead atoms. The maximum Gasteiger partial charge on any atom is 0.335 e. The summed E-state index contributed by atoms with van der Waals surface area (Å²) in [6.45, 7) is 0. The van der Waals surface area contributed by atoms with Gasteiger partial charge in [-0.05, 0) is 53.3 Å². The maximum absolute atomic E-state index is 13.7. The zero-order valence-electron chi connectivity index (χ0n) is 19.3. The molecule has 1 aliphatic heterocycles. The molecule has 3 aromatic carbocycles. The van der Waals surface area contributed by atoms with Gasteiger partial charge in [-0.1, -0.05) is 59.9 Å². The molecule has 0 saturated heterocycles. The summed E-state index contributed by atoms with van der Waals surface area (Å²) >= 11 is 1.25. The molecular formula is C28H19N3O5S. The van der Waals surface area contributed by atoms with E-state index >= 15 is 0 Å². The lowest BCUT2D eigenvalue weighted by atomic mass is 9.83. The molecule has 2 aliphatic rings. The van der Waals surface area contributed by atoms with Crippen molar-refractivity contribution in [3.8, 4) is 0 Å². The summed E-state index contributed by atoms with van der Waals surface area (Å²) < 4.78 is 2.08. The van der Waals surface area contributed by atoms with Crippen LogP contribution in [0.1, 0.15) is 45.1 Å². The fourth-order valence-electron chi connectivity index (χ4n) is 5.00. The van der Waals surface area contributed by atoms with Crippen LogP contribution < -0.4 is 14.9 Å². The number of thiazole rings is 1. The van der Waals surface area contributed by atoms with Gasteiger partial charge >= 0.3 is 5.97 Å². The molecule has 8 nitrogen and oxygen atoms in total. The molecule has 0 saturated carbocycles. The second kappa shape index (κ2) is 8.79. The minimum Gasteiger partial charge on any atom is -0.478 e. The predicted octanol–water partition coefficient (Wildman–Crippen LogP) is 3.93. The first-order valence-electron chi connectivity index (χ1n) is 11.6. The Bertz CT molecular complexity index is 1820. The molecule has 2 heterocycles. The quantitative estimate of drug-likeness (QED) is 0.331. The summed E-state index contributed by atoms with van der Waals surface area (Å²) in [7, 11) is 0. The number of nitrogens with zero attached hydrogens (tertiary/aromatic N) is 3.